The molecule has 0 N–H and O–H groups in total. The lowest BCUT2D eigenvalue weighted by atomic mass is 10.3. The summed E-state index contributed by atoms with van der Waals surface area (Å²) in [6.45, 7) is 5.06. The molecule has 3 rings (SSSR count). The monoisotopic (exact) mass is 348 g/mol. The van der Waals surface area contributed by atoms with Gasteiger partial charge in [-0.25, -0.2) is 8.42 Å². The van der Waals surface area contributed by atoms with Crippen molar-refractivity contribution in [3.8, 4) is 11.5 Å². The van der Waals surface area contributed by atoms with Crippen LogP contribution in [0.1, 0.15) is 13.8 Å². The third-order valence-corrected chi connectivity index (χ3v) is 5.26. The Bertz CT molecular complexity index is 775. The van der Waals surface area contributed by atoms with E-state index in [2.05, 4.69) is 0 Å². The highest BCUT2D eigenvalue weighted by Crippen LogP contribution is 2.25. The van der Waals surface area contributed by atoms with Crippen molar-refractivity contribution in [3.63, 3.8) is 0 Å². The molecule has 0 amide bonds. The summed E-state index contributed by atoms with van der Waals surface area (Å²) in [5.74, 6) is 1.28. The normalized spacial score (nSPS) is 16.9. The molecule has 6 heteroatoms. The van der Waals surface area contributed by atoms with Crippen LogP contribution in [0.3, 0.4) is 0 Å². The molecule has 0 spiro atoms. The highest BCUT2D eigenvalue weighted by Gasteiger charge is 2.23. The fourth-order valence-electron chi connectivity index (χ4n) is 2.17. The molecule has 0 saturated carbocycles. The molecule has 1 aliphatic rings. The van der Waals surface area contributed by atoms with Gasteiger partial charge in [0.15, 0.2) is 0 Å². The third kappa shape index (κ3) is 4.07. The van der Waals surface area contributed by atoms with Crippen molar-refractivity contribution in [2.45, 2.75) is 35.8 Å². The topological polar surface area (TPSA) is 65.1 Å². The Hall–Kier alpha value is -2.05. The number of rotatable bonds is 7. The predicted molar refractivity (Wildman–Crippen MR) is 89.3 cm³/mol. The Labute approximate surface area is 142 Å². The first-order valence-electron chi connectivity index (χ1n) is 7.81. The molecule has 1 fully saturated rings. The first kappa shape index (κ1) is 16.8. The van der Waals surface area contributed by atoms with Crippen LogP contribution in [0, 0.1) is 0 Å². The minimum Gasteiger partial charge on any atom is -0.491 e. The zero-order valence-electron chi connectivity index (χ0n) is 13.6. The van der Waals surface area contributed by atoms with Crippen LogP contribution in [-0.2, 0) is 14.6 Å². The molecule has 0 radical (unpaired) electrons. The quantitative estimate of drug-likeness (QED) is 0.720. The number of benzene rings is 2. The van der Waals surface area contributed by atoms with Gasteiger partial charge >= 0.3 is 0 Å². The van der Waals surface area contributed by atoms with Crippen LogP contribution >= 0.6 is 0 Å². The fraction of sp³-hybridized carbons (Fsp3) is 0.333. The summed E-state index contributed by atoms with van der Waals surface area (Å²) in [4.78, 5) is 0.466. The van der Waals surface area contributed by atoms with Gasteiger partial charge in [-0.15, -0.1) is 0 Å². The van der Waals surface area contributed by atoms with Gasteiger partial charge in [0.25, 0.3) is 0 Å². The molecule has 0 bridgehead atoms. The third-order valence-electron chi connectivity index (χ3n) is 3.48. The minimum absolute atomic E-state index is 0.0426. The van der Waals surface area contributed by atoms with Gasteiger partial charge in [-0.2, -0.15) is 0 Å². The smallest absolute Gasteiger partial charge is 0.206 e. The van der Waals surface area contributed by atoms with Gasteiger partial charge in [0.05, 0.1) is 22.5 Å². The van der Waals surface area contributed by atoms with Crippen molar-refractivity contribution in [1.82, 2.24) is 0 Å². The summed E-state index contributed by atoms with van der Waals surface area (Å²) in [5, 5.41) is 0. The van der Waals surface area contributed by atoms with Crippen LogP contribution < -0.4 is 9.47 Å². The van der Waals surface area contributed by atoms with Crippen molar-refractivity contribution in [2.75, 3.05) is 13.2 Å². The van der Waals surface area contributed by atoms with Crippen molar-refractivity contribution >= 4 is 9.84 Å². The number of hydrogen-bond donors (Lipinski definition) is 0. The number of ether oxygens (including phenoxy) is 3. The van der Waals surface area contributed by atoms with Crippen LogP contribution in [0.4, 0.5) is 0 Å². The SMILES string of the molecule is CC(C)Oc1ccc(S(=O)(=O)c2ccc(OCC3CO3)cc2)cc1. The van der Waals surface area contributed by atoms with Crippen molar-refractivity contribution in [2.24, 2.45) is 0 Å². The molecule has 0 aliphatic carbocycles. The highest BCUT2D eigenvalue weighted by molar-refractivity contribution is 7.91. The van der Waals surface area contributed by atoms with Crippen LogP contribution in [-0.4, -0.2) is 33.8 Å². The molecule has 2 aromatic carbocycles. The molecule has 1 aliphatic heterocycles. The maximum Gasteiger partial charge on any atom is 0.206 e. The summed E-state index contributed by atoms with van der Waals surface area (Å²) in [6, 6.07) is 12.9. The maximum absolute atomic E-state index is 12.7. The lowest BCUT2D eigenvalue weighted by Crippen LogP contribution is -2.06. The number of sulfone groups is 1. The summed E-state index contributed by atoms with van der Waals surface area (Å²) >= 11 is 0. The van der Waals surface area contributed by atoms with Gasteiger partial charge in [-0.05, 0) is 62.4 Å². The lowest BCUT2D eigenvalue weighted by Gasteiger charge is -2.11. The van der Waals surface area contributed by atoms with Crippen molar-refractivity contribution < 1.29 is 22.6 Å². The van der Waals surface area contributed by atoms with Crippen LogP contribution in [0.5, 0.6) is 11.5 Å². The van der Waals surface area contributed by atoms with E-state index in [1.807, 2.05) is 13.8 Å². The molecule has 1 heterocycles. The van der Waals surface area contributed by atoms with E-state index in [-0.39, 0.29) is 22.0 Å². The Morgan fingerprint density at radius 2 is 1.50 bits per heavy atom. The van der Waals surface area contributed by atoms with Crippen molar-refractivity contribution in [1.29, 1.82) is 0 Å². The second kappa shape index (κ2) is 6.83. The summed E-state index contributed by atoms with van der Waals surface area (Å²) < 4.78 is 41.4. The Morgan fingerprint density at radius 1 is 1.00 bits per heavy atom. The van der Waals surface area contributed by atoms with E-state index in [9.17, 15) is 8.42 Å². The molecular weight excluding hydrogens is 328 g/mol. The Balaban J connectivity index is 1.73. The first-order chi connectivity index (χ1) is 11.4. The van der Waals surface area contributed by atoms with Crippen molar-refractivity contribution in [3.05, 3.63) is 48.5 Å². The fourth-order valence-corrected chi connectivity index (χ4v) is 3.44. The Morgan fingerprint density at radius 3 is 1.96 bits per heavy atom. The highest BCUT2D eigenvalue weighted by atomic mass is 32.2. The Kier molecular flexibility index (Phi) is 4.78. The molecule has 1 atom stereocenters. The van der Waals surface area contributed by atoms with Gasteiger partial charge in [0.2, 0.25) is 9.84 Å². The zero-order valence-corrected chi connectivity index (χ0v) is 14.5. The first-order valence-corrected chi connectivity index (χ1v) is 9.30. The maximum atomic E-state index is 12.7. The van der Waals surface area contributed by atoms with Crippen LogP contribution in [0.2, 0.25) is 0 Å². The van der Waals surface area contributed by atoms with Gasteiger partial charge in [0.1, 0.15) is 24.2 Å². The van der Waals surface area contributed by atoms with E-state index in [0.717, 1.165) is 6.61 Å². The van der Waals surface area contributed by atoms with Gasteiger partial charge in [0, 0.05) is 0 Å². The summed E-state index contributed by atoms with van der Waals surface area (Å²) in [7, 11) is -3.56. The van der Waals surface area contributed by atoms with Gasteiger partial charge in [-0.1, -0.05) is 0 Å². The molecule has 5 nitrogen and oxygen atoms in total. The predicted octanol–water partition coefficient (Wildman–Crippen LogP) is 3.08. The molecule has 0 aromatic heterocycles. The molecule has 2 aromatic rings. The second-order valence-electron chi connectivity index (χ2n) is 5.88. The van der Waals surface area contributed by atoms with E-state index >= 15 is 0 Å². The molecular formula is C18H20O5S. The van der Waals surface area contributed by atoms with Crippen LogP contribution in [0.15, 0.2) is 58.3 Å². The average molecular weight is 348 g/mol. The van der Waals surface area contributed by atoms with E-state index in [0.29, 0.717) is 18.1 Å². The molecule has 128 valence electrons. The zero-order chi connectivity index (χ0) is 17.2. The summed E-state index contributed by atoms with van der Waals surface area (Å²) in [5.41, 5.74) is 0. The van der Waals surface area contributed by atoms with Gasteiger partial charge in [-0.3, -0.25) is 0 Å². The minimum atomic E-state index is -3.56. The van der Waals surface area contributed by atoms with E-state index in [1.165, 1.54) is 0 Å². The van der Waals surface area contributed by atoms with E-state index in [1.54, 1.807) is 48.5 Å². The molecule has 24 heavy (non-hydrogen) atoms. The lowest BCUT2D eigenvalue weighted by molar-refractivity contribution is 0.242. The standard InChI is InChI=1S/C18H20O5S/c1-13(2)23-15-5-9-18(10-6-15)24(19,20)17-7-3-14(4-8-17)21-11-16-12-22-16/h3-10,13,16H,11-12H2,1-2H3. The average Bonchev–Trinajstić information content (AvgIpc) is 3.38. The van der Waals surface area contributed by atoms with Crippen LogP contribution in [0.25, 0.3) is 0 Å². The molecule has 1 unspecified atom stereocenters. The number of epoxide rings is 1. The molecule has 1 saturated heterocycles. The number of hydrogen-bond acceptors (Lipinski definition) is 5. The summed E-state index contributed by atoms with van der Waals surface area (Å²) in [6.07, 6.45) is 0.209. The largest absolute Gasteiger partial charge is 0.491 e. The second-order valence-corrected chi connectivity index (χ2v) is 7.83. The van der Waals surface area contributed by atoms with E-state index in [4.69, 9.17) is 14.2 Å². The van der Waals surface area contributed by atoms with Gasteiger partial charge < -0.3 is 14.2 Å². The van der Waals surface area contributed by atoms with E-state index < -0.39 is 9.84 Å².